The van der Waals surface area contributed by atoms with Gasteiger partial charge in [0, 0.05) is 25.0 Å². The minimum absolute atomic E-state index is 0.323. The molecule has 0 aromatic heterocycles. The van der Waals surface area contributed by atoms with Gasteiger partial charge in [-0.3, -0.25) is 4.79 Å². The Balaban J connectivity index is 1.57. The molecule has 0 radical (unpaired) electrons. The number of fused-ring (bicyclic) bond motifs is 1. The van der Waals surface area contributed by atoms with Gasteiger partial charge in [-0.25, -0.2) is 0 Å². The van der Waals surface area contributed by atoms with Crippen LogP contribution in [0.15, 0.2) is 0 Å². The van der Waals surface area contributed by atoms with Gasteiger partial charge in [0.25, 0.3) is 0 Å². The second-order valence-electron chi connectivity index (χ2n) is 7.38. The second-order valence-corrected chi connectivity index (χ2v) is 7.38. The molecule has 3 fully saturated rings. The fourth-order valence-corrected chi connectivity index (χ4v) is 4.61. The number of carbonyl (C=O) groups is 1. The first-order valence-corrected chi connectivity index (χ1v) is 8.78. The molecular weight excluding hydrogens is 248 g/mol. The molecule has 0 spiro atoms. The van der Waals surface area contributed by atoms with Crippen molar-refractivity contribution in [2.45, 2.75) is 70.3 Å². The maximum absolute atomic E-state index is 12.8. The second kappa shape index (κ2) is 6.46. The van der Waals surface area contributed by atoms with Gasteiger partial charge in [-0.1, -0.05) is 32.1 Å². The van der Waals surface area contributed by atoms with Gasteiger partial charge in [0.2, 0.25) is 5.91 Å². The first-order valence-electron chi connectivity index (χ1n) is 8.78. The molecule has 3 nitrogen and oxygen atoms in total. The number of rotatable bonds is 1. The van der Waals surface area contributed by atoms with Crippen molar-refractivity contribution in [3.05, 3.63) is 0 Å². The van der Waals surface area contributed by atoms with E-state index >= 15 is 0 Å². The van der Waals surface area contributed by atoms with Crippen molar-refractivity contribution < 1.29 is 4.79 Å². The Morgan fingerprint density at radius 2 is 1.50 bits per heavy atom. The lowest BCUT2D eigenvalue weighted by atomic mass is 9.79. The lowest BCUT2D eigenvalue weighted by Crippen LogP contribution is -2.35. The van der Waals surface area contributed by atoms with E-state index in [1.807, 2.05) is 0 Å². The number of hydrogen-bond donors (Lipinski definition) is 1. The predicted octanol–water partition coefficient (Wildman–Crippen LogP) is 2.93. The Kier molecular flexibility index (Phi) is 4.65. The smallest absolute Gasteiger partial charge is 0.225 e. The van der Waals surface area contributed by atoms with E-state index in [0.717, 1.165) is 44.7 Å². The van der Waals surface area contributed by atoms with Crippen LogP contribution in [-0.4, -0.2) is 29.9 Å². The lowest BCUT2D eigenvalue weighted by molar-refractivity contribution is -0.135. The molecule has 1 saturated heterocycles. The number of hydrogen-bond acceptors (Lipinski definition) is 2. The molecule has 0 bridgehead atoms. The molecule has 0 aromatic rings. The van der Waals surface area contributed by atoms with Crippen molar-refractivity contribution in [3.8, 4) is 0 Å². The Hall–Kier alpha value is -0.570. The zero-order valence-corrected chi connectivity index (χ0v) is 12.7. The highest BCUT2D eigenvalue weighted by atomic mass is 16.2. The van der Waals surface area contributed by atoms with Gasteiger partial charge in [0.05, 0.1) is 0 Å². The minimum atomic E-state index is 0.323. The zero-order chi connectivity index (χ0) is 13.9. The summed E-state index contributed by atoms with van der Waals surface area (Å²) in [6.07, 6.45) is 12.3. The van der Waals surface area contributed by atoms with Crippen LogP contribution in [0.3, 0.4) is 0 Å². The summed E-state index contributed by atoms with van der Waals surface area (Å²) in [7, 11) is 0. The number of likely N-dealkylation sites (tertiary alicyclic amines) is 1. The summed E-state index contributed by atoms with van der Waals surface area (Å²) in [5.74, 6) is 2.22. The monoisotopic (exact) mass is 278 g/mol. The third-order valence-electron chi connectivity index (χ3n) is 5.86. The van der Waals surface area contributed by atoms with Crippen molar-refractivity contribution in [1.82, 2.24) is 4.90 Å². The molecule has 1 aliphatic heterocycles. The Morgan fingerprint density at radius 1 is 0.850 bits per heavy atom. The van der Waals surface area contributed by atoms with E-state index in [1.165, 1.54) is 38.5 Å². The van der Waals surface area contributed by atoms with Gasteiger partial charge in [-0.15, -0.1) is 0 Å². The maximum atomic E-state index is 12.8. The quantitative estimate of drug-likeness (QED) is 0.801. The summed E-state index contributed by atoms with van der Waals surface area (Å²) in [4.78, 5) is 15.0. The Morgan fingerprint density at radius 3 is 2.25 bits per heavy atom. The van der Waals surface area contributed by atoms with Crippen molar-refractivity contribution >= 4 is 5.91 Å². The molecule has 2 saturated carbocycles. The van der Waals surface area contributed by atoms with E-state index in [-0.39, 0.29) is 0 Å². The topological polar surface area (TPSA) is 46.3 Å². The summed E-state index contributed by atoms with van der Waals surface area (Å²) >= 11 is 0. The highest BCUT2D eigenvalue weighted by molar-refractivity contribution is 5.79. The molecule has 1 heterocycles. The van der Waals surface area contributed by atoms with Gasteiger partial charge in [0.1, 0.15) is 0 Å². The molecule has 3 aliphatic rings. The summed E-state index contributed by atoms with van der Waals surface area (Å²) in [6.45, 7) is 2.01. The summed E-state index contributed by atoms with van der Waals surface area (Å²) in [5.41, 5.74) is 6.09. The summed E-state index contributed by atoms with van der Waals surface area (Å²) < 4.78 is 0. The number of amides is 1. The maximum Gasteiger partial charge on any atom is 0.225 e. The molecule has 0 aromatic carbocycles. The van der Waals surface area contributed by atoms with Crippen LogP contribution in [0, 0.1) is 17.8 Å². The Labute approximate surface area is 123 Å². The number of carbonyl (C=O) groups excluding carboxylic acids is 1. The van der Waals surface area contributed by atoms with Gasteiger partial charge in [0.15, 0.2) is 0 Å². The van der Waals surface area contributed by atoms with Gasteiger partial charge in [-0.2, -0.15) is 0 Å². The average molecular weight is 278 g/mol. The number of nitrogens with two attached hydrogens (primary N) is 1. The first-order chi connectivity index (χ1) is 9.74. The minimum Gasteiger partial charge on any atom is -0.342 e. The molecule has 3 rings (SSSR count). The van der Waals surface area contributed by atoms with E-state index in [0.29, 0.717) is 23.8 Å². The summed E-state index contributed by atoms with van der Waals surface area (Å²) in [5, 5.41) is 0. The predicted molar refractivity (Wildman–Crippen MR) is 81.2 cm³/mol. The van der Waals surface area contributed by atoms with Gasteiger partial charge >= 0.3 is 0 Å². The highest BCUT2D eigenvalue weighted by Crippen LogP contribution is 2.37. The molecule has 20 heavy (non-hydrogen) atoms. The largest absolute Gasteiger partial charge is 0.342 e. The van der Waals surface area contributed by atoms with Gasteiger partial charge in [-0.05, 0) is 43.9 Å². The fourth-order valence-electron chi connectivity index (χ4n) is 4.61. The van der Waals surface area contributed by atoms with E-state index in [9.17, 15) is 4.79 Å². The van der Waals surface area contributed by atoms with Gasteiger partial charge < -0.3 is 10.6 Å². The van der Waals surface area contributed by atoms with Crippen LogP contribution in [0.1, 0.15) is 64.2 Å². The number of nitrogens with zero attached hydrogens (tertiary/aromatic N) is 1. The first kappa shape index (κ1) is 14.4. The third kappa shape index (κ3) is 3.19. The zero-order valence-electron chi connectivity index (χ0n) is 12.7. The Bertz CT molecular complexity index is 336. The van der Waals surface area contributed by atoms with Crippen LogP contribution < -0.4 is 5.73 Å². The van der Waals surface area contributed by atoms with Crippen LogP contribution in [0.2, 0.25) is 0 Å². The van der Waals surface area contributed by atoms with Crippen LogP contribution in [0.25, 0.3) is 0 Å². The van der Waals surface area contributed by atoms with Crippen LogP contribution >= 0.6 is 0 Å². The van der Waals surface area contributed by atoms with E-state index < -0.39 is 0 Å². The van der Waals surface area contributed by atoms with E-state index in [2.05, 4.69) is 4.90 Å². The normalized spacial score (nSPS) is 36.2. The van der Waals surface area contributed by atoms with Crippen LogP contribution in [0.5, 0.6) is 0 Å². The molecular formula is C17H30N2O. The molecule has 1 unspecified atom stereocenters. The molecule has 2 N–H and O–H groups in total. The molecule has 114 valence electrons. The molecule has 3 heteroatoms. The van der Waals surface area contributed by atoms with Crippen molar-refractivity contribution in [2.75, 3.05) is 13.1 Å². The van der Waals surface area contributed by atoms with Crippen LogP contribution in [-0.2, 0) is 4.79 Å². The standard InChI is InChI=1S/C17H30N2O/c18-16-9-8-14-11-19(12-15(14)10-16)17(20)13-6-4-2-1-3-5-7-13/h13-16H,1-12,18H2/t14-,15+,16?/m1/s1. The fraction of sp³-hybridized carbons (Fsp3) is 0.941. The SMILES string of the molecule is NC1CC[C@@H]2CN(C(=O)C3CCCCCCC3)C[C@@H]2C1. The highest BCUT2D eigenvalue weighted by Gasteiger charge is 2.39. The molecule has 3 atom stereocenters. The third-order valence-corrected chi connectivity index (χ3v) is 5.86. The van der Waals surface area contributed by atoms with Crippen molar-refractivity contribution in [3.63, 3.8) is 0 Å². The molecule has 2 aliphatic carbocycles. The van der Waals surface area contributed by atoms with Crippen molar-refractivity contribution in [1.29, 1.82) is 0 Å². The summed E-state index contributed by atoms with van der Waals surface area (Å²) in [6, 6.07) is 0.382. The average Bonchev–Trinajstić information content (AvgIpc) is 2.80. The van der Waals surface area contributed by atoms with Crippen LogP contribution in [0.4, 0.5) is 0 Å². The van der Waals surface area contributed by atoms with E-state index in [1.54, 1.807) is 0 Å². The molecule has 1 amide bonds. The van der Waals surface area contributed by atoms with E-state index in [4.69, 9.17) is 5.73 Å². The van der Waals surface area contributed by atoms with Crippen molar-refractivity contribution in [2.24, 2.45) is 23.5 Å². The lowest BCUT2D eigenvalue weighted by Gasteiger charge is -2.27.